The van der Waals surface area contributed by atoms with Crippen LogP contribution in [0, 0.1) is 25.2 Å². The predicted octanol–water partition coefficient (Wildman–Crippen LogP) is 5.20. The van der Waals surface area contributed by atoms with Crippen molar-refractivity contribution in [3.8, 4) is 23.1 Å². The van der Waals surface area contributed by atoms with Crippen molar-refractivity contribution < 1.29 is 5.11 Å². The summed E-state index contributed by atoms with van der Waals surface area (Å²) in [4.78, 5) is 4.61. The molecule has 0 atom stereocenters. The second-order valence-corrected chi connectivity index (χ2v) is 6.46. The molecule has 0 radical (unpaired) electrons. The van der Waals surface area contributed by atoms with Crippen molar-refractivity contribution in [2.24, 2.45) is 0 Å². The van der Waals surface area contributed by atoms with Gasteiger partial charge in [-0.2, -0.15) is 5.26 Å². The second-order valence-electron chi connectivity index (χ2n) is 5.60. The first-order chi connectivity index (χ1) is 11.6. The minimum Gasteiger partial charge on any atom is -0.508 e. The fraction of sp³-hybridized carbons (Fsp3) is 0.100. The summed E-state index contributed by atoms with van der Waals surface area (Å²) in [5, 5.41) is 21.5. The molecule has 118 valence electrons. The Morgan fingerprint density at radius 1 is 1.12 bits per heavy atom. The second kappa shape index (κ2) is 6.69. The number of hydrogen-bond acceptors (Lipinski definition) is 4. The van der Waals surface area contributed by atoms with Gasteiger partial charge in [-0.15, -0.1) is 11.3 Å². The van der Waals surface area contributed by atoms with E-state index < -0.39 is 0 Å². The summed E-state index contributed by atoms with van der Waals surface area (Å²) in [7, 11) is 0. The Labute approximate surface area is 145 Å². The molecule has 0 aliphatic rings. The van der Waals surface area contributed by atoms with Gasteiger partial charge in [0.05, 0.1) is 11.3 Å². The number of nitriles is 1. The van der Waals surface area contributed by atoms with E-state index in [9.17, 15) is 10.4 Å². The Balaban J connectivity index is 1.94. The largest absolute Gasteiger partial charge is 0.508 e. The van der Waals surface area contributed by atoms with Crippen LogP contribution in [0.5, 0.6) is 5.75 Å². The lowest BCUT2D eigenvalue weighted by Crippen LogP contribution is -1.85. The highest BCUT2D eigenvalue weighted by molar-refractivity contribution is 7.11. The van der Waals surface area contributed by atoms with Crippen molar-refractivity contribution in [3.63, 3.8) is 0 Å². The lowest BCUT2D eigenvalue weighted by Gasteiger charge is -2.02. The molecule has 0 fully saturated rings. The molecule has 0 saturated heterocycles. The number of benzene rings is 2. The van der Waals surface area contributed by atoms with Gasteiger partial charge in [0.1, 0.15) is 16.8 Å². The molecule has 0 bridgehead atoms. The molecular formula is C20H16N2OS. The lowest BCUT2D eigenvalue weighted by atomic mass is 10.1. The zero-order valence-corrected chi connectivity index (χ0v) is 14.3. The fourth-order valence-electron chi connectivity index (χ4n) is 2.31. The Kier molecular flexibility index (Phi) is 4.45. The third-order valence-corrected chi connectivity index (χ3v) is 4.74. The number of nitrogens with zero attached hydrogens (tertiary/aromatic N) is 2. The smallest absolute Gasteiger partial charge is 0.134 e. The molecule has 2 aromatic carbocycles. The van der Waals surface area contributed by atoms with Crippen molar-refractivity contribution in [1.82, 2.24) is 4.98 Å². The van der Waals surface area contributed by atoms with Gasteiger partial charge in [-0.1, -0.05) is 24.3 Å². The normalized spacial score (nSPS) is 11.3. The minimum atomic E-state index is 0.205. The van der Waals surface area contributed by atoms with Crippen LogP contribution in [0.2, 0.25) is 0 Å². The van der Waals surface area contributed by atoms with Crippen molar-refractivity contribution in [2.45, 2.75) is 13.8 Å². The van der Waals surface area contributed by atoms with E-state index in [0.717, 1.165) is 16.8 Å². The van der Waals surface area contributed by atoms with Gasteiger partial charge >= 0.3 is 0 Å². The molecule has 3 aromatic rings. The minimum absolute atomic E-state index is 0.205. The van der Waals surface area contributed by atoms with Crippen LogP contribution < -0.4 is 0 Å². The number of aromatic nitrogens is 1. The monoisotopic (exact) mass is 332 g/mol. The van der Waals surface area contributed by atoms with Gasteiger partial charge in [-0.05, 0) is 54.8 Å². The average molecular weight is 332 g/mol. The number of rotatable bonds is 3. The first-order valence-electron chi connectivity index (χ1n) is 7.51. The third-order valence-electron chi connectivity index (χ3n) is 3.86. The summed E-state index contributed by atoms with van der Waals surface area (Å²) < 4.78 is 0. The quantitative estimate of drug-likeness (QED) is 0.671. The summed E-state index contributed by atoms with van der Waals surface area (Å²) in [6.07, 6.45) is 1.78. The van der Waals surface area contributed by atoms with E-state index in [1.807, 2.05) is 5.38 Å². The van der Waals surface area contributed by atoms with Gasteiger partial charge in [0.25, 0.3) is 0 Å². The van der Waals surface area contributed by atoms with E-state index in [-0.39, 0.29) is 5.75 Å². The van der Waals surface area contributed by atoms with Crippen LogP contribution in [-0.4, -0.2) is 10.1 Å². The maximum absolute atomic E-state index is 9.45. The molecule has 24 heavy (non-hydrogen) atoms. The van der Waals surface area contributed by atoms with Crippen LogP contribution in [0.15, 0.2) is 47.8 Å². The van der Waals surface area contributed by atoms with Gasteiger partial charge < -0.3 is 5.11 Å². The van der Waals surface area contributed by atoms with Gasteiger partial charge in [0.2, 0.25) is 0 Å². The molecule has 0 saturated carbocycles. The van der Waals surface area contributed by atoms with E-state index in [0.29, 0.717) is 10.6 Å². The lowest BCUT2D eigenvalue weighted by molar-refractivity contribution is 0.475. The van der Waals surface area contributed by atoms with Crippen LogP contribution in [0.4, 0.5) is 0 Å². The molecule has 0 amide bonds. The van der Waals surface area contributed by atoms with E-state index >= 15 is 0 Å². The standard InChI is InChI=1S/C20H16N2OS/c1-13-3-6-16(9-14(13)2)19-12-24-20(22-19)17(11-21)10-15-4-7-18(23)8-5-15/h3-10,12,23H,1-2H3/b17-10+. The fourth-order valence-corrected chi connectivity index (χ4v) is 3.10. The number of thiazole rings is 1. The van der Waals surface area contributed by atoms with Gasteiger partial charge in [0.15, 0.2) is 0 Å². The Bertz CT molecular complexity index is 947. The molecular weight excluding hydrogens is 316 g/mol. The number of phenolic OH excluding ortho intramolecular Hbond substituents is 1. The van der Waals surface area contributed by atoms with E-state index in [1.54, 1.807) is 30.3 Å². The summed E-state index contributed by atoms with van der Waals surface area (Å²) >= 11 is 1.46. The van der Waals surface area contributed by atoms with Crippen molar-refractivity contribution in [1.29, 1.82) is 5.26 Å². The number of phenols is 1. The molecule has 1 aromatic heterocycles. The van der Waals surface area contributed by atoms with Crippen molar-refractivity contribution in [3.05, 3.63) is 69.5 Å². The number of aryl methyl sites for hydroxylation is 2. The average Bonchev–Trinajstić information content (AvgIpc) is 3.06. The van der Waals surface area contributed by atoms with Crippen LogP contribution in [0.3, 0.4) is 0 Å². The Morgan fingerprint density at radius 3 is 2.54 bits per heavy atom. The highest BCUT2D eigenvalue weighted by Gasteiger charge is 2.09. The summed E-state index contributed by atoms with van der Waals surface area (Å²) in [5.74, 6) is 0.205. The maximum Gasteiger partial charge on any atom is 0.134 e. The first-order valence-corrected chi connectivity index (χ1v) is 8.39. The van der Waals surface area contributed by atoms with E-state index in [1.165, 1.54) is 22.5 Å². The van der Waals surface area contributed by atoms with Gasteiger partial charge in [-0.3, -0.25) is 0 Å². The summed E-state index contributed by atoms with van der Waals surface area (Å²) in [6, 6.07) is 15.2. The SMILES string of the molecule is Cc1ccc(-c2csc(/C(C#N)=C/c3ccc(O)cc3)n2)cc1C. The summed E-state index contributed by atoms with van der Waals surface area (Å²) in [5.41, 5.74) is 5.78. The third kappa shape index (κ3) is 3.37. The topological polar surface area (TPSA) is 56.9 Å². The summed E-state index contributed by atoms with van der Waals surface area (Å²) in [6.45, 7) is 4.16. The van der Waals surface area contributed by atoms with Crippen molar-refractivity contribution in [2.75, 3.05) is 0 Å². The molecule has 0 spiro atoms. The van der Waals surface area contributed by atoms with Crippen molar-refractivity contribution >= 4 is 23.0 Å². The van der Waals surface area contributed by atoms with Crippen LogP contribution in [0.25, 0.3) is 22.9 Å². The molecule has 0 unspecified atom stereocenters. The van der Waals surface area contributed by atoms with Crippen LogP contribution in [0.1, 0.15) is 21.7 Å². The molecule has 0 aliphatic heterocycles. The van der Waals surface area contributed by atoms with Crippen LogP contribution >= 0.6 is 11.3 Å². The molecule has 1 heterocycles. The molecule has 0 aliphatic carbocycles. The number of allylic oxidation sites excluding steroid dienone is 1. The molecule has 3 nitrogen and oxygen atoms in total. The first kappa shape index (κ1) is 16.0. The molecule has 4 heteroatoms. The van der Waals surface area contributed by atoms with E-state index in [4.69, 9.17) is 0 Å². The highest BCUT2D eigenvalue weighted by atomic mass is 32.1. The Hall–Kier alpha value is -2.90. The highest BCUT2D eigenvalue weighted by Crippen LogP contribution is 2.28. The molecule has 3 rings (SSSR count). The van der Waals surface area contributed by atoms with Gasteiger partial charge in [-0.25, -0.2) is 4.98 Å². The predicted molar refractivity (Wildman–Crippen MR) is 98.6 cm³/mol. The number of hydrogen-bond donors (Lipinski definition) is 1. The zero-order valence-electron chi connectivity index (χ0n) is 13.4. The number of aromatic hydroxyl groups is 1. The van der Waals surface area contributed by atoms with Gasteiger partial charge in [0, 0.05) is 10.9 Å². The molecule has 1 N–H and O–H groups in total. The maximum atomic E-state index is 9.45. The van der Waals surface area contributed by atoms with E-state index in [2.05, 4.69) is 43.1 Å². The van der Waals surface area contributed by atoms with Crippen LogP contribution in [-0.2, 0) is 0 Å². The zero-order chi connectivity index (χ0) is 17.1. The Morgan fingerprint density at radius 2 is 1.88 bits per heavy atom.